The first-order valence-corrected chi connectivity index (χ1v) is 5.78. The zero-order valence-electron chi connectivity index (χ0n) is 8.93. The first-order valence-electron chi connectivity index (χ1n) is 5.02. The summed E-state index contributed by atoms with van der Waals surface area (Å²) in [5.74, 6) is -0.739. The Morgan fingerprint density at radius 3 is 2.33 bits per heavy atom. The Hall–Kier alpha value is -1.19. The maximum absolute atomic E-state index is 13.8. The highest BCUT2D eigenvalue weighted by Crippen LogP contribution is 2.37. The monoisotopic (exact) mass is 290 g/mol. The first kappa shape index (κ1) is 13.2. The molecule has 0 saturated carbocycles. The molecule has 0 aromatic heterocycles. The van der Waals surface area contributed by atoms with Crippen LogP contribution in [-0.4, -0.2) is 0 Å². The summed E-state index contributed by atoms with van der Waals surface area (Å²) >= 11 is 11.6. The molecule has 0 unspecified atom stereocenters. The second kappa shape index (κ2) is 5.21. The van der Waals surface area contributed by atoms with Crippen LogP contribution < -0.4 is 0 Å². The smallest absolute Gasteiger partial charge is 0.206 e. The van der Waals surface area contributed by atoms with Crippen molar-refractivity contribution in [3.63, 3.8) is 0 Å². The molecule has 5 heteroatoms. The van der Waals surface area contributed by atoms with E-state index in [4.69, 9.17) is 23.2 Å². The molecule has 18 heavy (non-hydrogen) atoms. The van der Waals surface area contributed by atoms with Gasteiger partial charge in [0.15, 0.2) is 0 Å². The van der Waals surface area contributed by atoms with Gasteiger partial charge in [-0.3, -0.25) is 0 Å². The van der Waals surface area contributed by atoms with Gasteiger partial charge in [0.1, 0.15) is 5.82 Å². The van der Waals surface area contributed by atoms with Crippen LogP contribution in [0.15, 0.2) is 36.4 Å². The fourth-order valence-corrected chi connectivity index (χ4v) is 2.20. The average Bonchev–Trinajstić information content (AvgIpc) is 2.29. The van der Waals surface area contributed by atoms with Crippen LogP contribution in [0.1, 0.15) is 12.0 Å². The van der Waals surface area contributed by atoms with E-state index >= 15 is 0 Å². The highest BCUT2D eigenvalue weighted by Gasteiger charge is 2.19. The van der Waals surface area contributed by atoms with Crippen LogP contribution in [0.5, 0.6) is 0 Å². The summed E-state index contributed by atoms with van der Waals surface area (Å²) in [4.78, 5) is 0. The third-order valence-corrected chi connectivity index (χ3v) is 3.03. The molecular formula is C13H7Cl2F3. The summed E-state index contributed by atoms with van der Waals surface area (Å²) in [7, 11) is 0. The van der Waals surface area contributed by atoms with Crippen LogP contribution in [0.25, 0.3) is 11.1 Å². The Morgan fingerprint density at radius 1 is 1.00 bits per heavy atom. The zero-order chi connectivity index (χ0) is 13.3. The van der Waals surface area contributed by atoms with E-state index in [1.54, 1.807) is 0 Å². The molecule has 0 aliphatic heterocycles. The molecule has 0 heterocycles. The standard InChI is InChI=1S/C13H7Cl2F3/c14-7-4-5-8(10(15)6-7)12-9(13(17)18)2-1-3-11(12)16/h1-6,13H. The minimum Gasteiger partial charge on any atom is -0.206 e. The second-order valence-electron chi connectivity index (χ2n) is 3.63. The van der Waals surface area contributed by atoms with E-state index in [1.165, 1.54) is 30.3 Å². The Bertz CT molecular complexity index is 582. The van der Waals surface area contributed by atoms with Crippen molar-refractivity contribution in [3.05, 3.63) is 57.8 Å². The van der Waals surface area contributed by atoms with Crippen molar-refractivity contribution in [3.8, 4) is 11.1 Å². The number of rotatable bonds is 2. The van der Waals surface area contributed by atoms with Crippen molar-refractivity contribution in [1.82, 2.24) is 0 Å². The Morgan fingerprint density at radius 2 is 1.72 bits per heavy atom. The van der Waals surface area contributed by atoms with Gasteiger partial charge in [-0.05, 0) is 18.2 Å². The van der Waals surface area contributed by atoms with Crippen molar-refractivity contribution in [2.45, 2.75) is 6.43 Å². The minimum atomic E-state index is -2.78. The Balaban J connectivity index is 2.70. The van der Waals surface area contributed by atoms with Gasteiger partial charge in [-0.15, -0.1) is 0 Å². The van der Waals surface area contributed by atoms with Crippen molar-refractivity contribution in [2.24, 2.45) is 0 Å². The lowest BCUT2D eigenvalue weighted by atomic mass is 9.99. The highest BCUT2D eigenvalue weighted by molar-refractivity contribution is 6.36. The number of benzene rings is 2. The van der Waals surface area contributed by atoms with Gasteiger partial charge in [0, 0.05) is 26.7 Å². The predicted octanol–water partition coefficient (Wildman–Crippen LogP) is 5.74. The van der Waals surface area contributed by atoms with Crippen LogP contribution in [0.2, 0.25) is 10.0 Å². The normalized spacial score (nSPS) is 11.0. The van der Waals surface area contributed by atoms with E-state index in [2.05, 4.69) is 0 Å². The van der Waals surface area contributed by atoms with Gasteiger partial charge in [0.05, 0.1) is 0 Å². The lowest BCUT2D eigenvalue weighted by Gasteiger charge is -2.11. The summed E-state index contributed by atoms with van der Waals surface area (Å²) in [5.41, 5.74) is -0.372. The number of hydrogen-bond donors (Lipinski definition) is 0. The lowest BCUT2D eigenvalue weighted by Crippen LogP contribution is -1.94. The first-order chi connectivity index (χ1) is 8.50. The molecule has 0 saturated heterocycles. The van der Waals surface area contributed by atoms with E-state index in [9.17, 15) is 13.2 Å². The molecule has 0 amide bonds. The van der Waals surface area contributed by atoms with Gasteiger partial charge in [0.2, 0.25) is 0 Å². The molecule has 2 aromatic carbocycles. The molecule has 94 valence electrons. The summed E-state index contributed by atoms with van der Waals surface area (Å²) in [6.07, 6.45) is -2.78. The van der Waals surface area contributed by atoms with Crippen LogP contribution >= 0.6 is 23.2 Å². The van der Waals surface area contributed by atoms with Gasteiger partial charge in [-0.25, -0.2) is 13.2 Å². The molecule has 0 radical (unpaired) electrons. The summed E-state index contributed by atoms with van der Waals surface area (Å²) in [6, 6.07) is 7.82. The Labute approximate surface area is 112 Å². The van der Waals surface area contributed by atoms with Gasteiger partial charge >= 0.3 is 0 Å². The van der Waals surface area contributed by atoms with Crippen molar-refractivity contribution in [2.75, 3.05) is 0 Å². The second-order valence-corrected chi connectivity index (χ2v) is 4.47. The SMILES string of the molecule is Fc1cccc(C(F)F)c1-c1ccc(Cl)cc1Cl. The average molecular weight is 291 g/mol. The fraction of sp³-hybridized carbons (Fsp3) is 0.0769. The summed E-state index contributed by atoms with van der Waals surface area (Å²) in [6.45, 7) is 0. The molecule has 2 rings (SSSR count). The minimum absolute atomic E-state index is 0.134. The van der Waals surface area contributed by atoms with E-state index in [0.717, 1.165) is 6.07 Å². The molecule has 2 aromatic rings. The molecule has 0 aliphatic carbocycles. The number of halogens is 5. The van der Waals surface area contributed by atoms with Crippen molar-refractivity contribution < 1.29 is 13.2 Å². The molecule has 0 spiro atoms. The third-order valence-electron chi connectivity index (χ3n) is 2.48. The van der Waals surface area contributed by atoms with E-state index in [-0.39, 0.29) is 21.7 Å². The third kappa shape index (κ3) is 2.47. The molecule has 0 N–H and O–H groups in total. The molecule has 0 fully saturated rings. The summed E-state index contributed by atoms with van der Waals surface area (Å²) in [5, 5.41) is 0.494. The largest absolute Gasteiger partial charge is 0.264 e. The van der Waals surface area contributed by atoms with E-state index in [0.29, 0.717) is 5.02 Å². The zero-order valence-corrected chi connectivity index (χ0v) is 10.4. The summed E-state index contributed by atoms with van der Waals surface area (Å²) < 4.78 is 39.5. The van der Waals surface area contributed by atoms with Gasteiger partial charge in [0.25, 0.3) is 6.43 Å². The van der Waals surface area contributed by atoms with Crippen LogP contribution in [0.4, 0.5) is 13.2 Å². The predicted molar refractivity (Wildman–Crippen MR) is 66.8 cm³/mol. The fourth-order valence-electron chi connectivity index (χ4n) is 1.70. The van der Waals surface area contributed by atoms with Gasteiger partial charge < -0.3 is 0 Å². The maximum atomic E-state index is 13.8. The molecule has 0 nitrogen and oxygen atoms in total. The van der Waals surface area contributed by atoms with Crippen LogP contribution in [0, 0.1) is 5.82 Å². The van der Waals surface area contributed by atoms with Crippen LogP contribution in [0.3, 0.4) is 0 Å². The molecule has 0 aliphatic rings. The molecule has 0 atom stereocenters. The quantitative estimate of drug-likeness (QED) is 0.662. The molecule has 0 bridgehead atoms. The van der Waals surface area contributed by atoms with E-state index in [1.807, 2.05) is 0 Å². The van der Waals surface area contributed by atoms with Crippen LogP contribution in [-0.2, 0) is 0 Å². The lowest BCUT2D eigenvalue weighted by molar-refractivity contribution is 0.151. The Kier molecular flexibility index (Phi) is 3.83. The maximum Gasteiger partial charge on any atom is 0.264 e. The van der Waals surface area contributed by atoms with Crippen molar-refractivity contribution >= 4 is 23.2 Å². The number of hydrogen-bond acceptors (Lipinski definition) is 0. The topological polar surface area (TPSA) is 0 Å². The van der Waals surface area contributed by atoms with E-state index < -0.39 is 12.2 Å². The number of alkyl halides is 2. The van der Waals surface area contributed by atoms with Gasteiger partial charge in [-0.2, -0.15) is 0 Å². The molecular weight excluding hydrogens is 284 g/mol. The van der Waals surface area contributed by atoms with Crippen molar-refractivity contribution in [1.29, 1.82) is 0 Å². The van der Waals surface area contributed by atoms with Gasteiger partial charge in [-0.1, -0.05) is 41.4 Å². The highest BCUT2D eigenvalue weighted by atomic mass is 35.5.